The van der Waals surface area contributed by atoms with Gasteiger partial charge in [0.1, 0.15) is 0 Å². The van der Waals surface area contributed by atoms with Crippen molar-refractivity contribution < 1.29 is 13.2 Å². The molecule has 0 saturated carbocycles. The average molecular weight is 350 g/mol. The molecule has 0 saturated heterocycles. The predicted molar refractivity (Wildman–Crippen MR) is 89.4 cm³/mol. The first-order chi connectivity index (χ1) is 11.4. The molecule has 0 bridgehead atoms. The maximum absolute atomic E-state index is 12.6. The zero-order chi connectivity index (χ0) is 17.2. The van der Waals surface area contributed by atoms with E-state index in [0.29, 0.717) is 6.20 Å². The number of benzene rings is 2. The van der Waals surface area contributed by atoms with Gasteiger partial charge in [0.15, 0.2) is 5.82 Å². The third-order valence-corrected chi connectivity index (χ3v) is 3.65. The Labute approximate surface area is 140 Å². The summed E-state index contributed by atoms with van der Waals surface area (Å²) in [4.78, 5) is 3.66. The predicted octanol–water partition coefficient (Wildman–Crippen LogP) is 5.35. The number of hydrogen-bond acceptors (Lipinski definition) is 3. The molecule has 3 aromatic rings. The largest absolute Gasteiger partial charge is 0.417 e. The number of hydrazone groups is 1. The minimum absolute atomic E-state index is 0.0566. The van der Waals surface area contributed by atoms with Crippen LogP contribution in [0.2, 0.25) is 5.02 Å². The summed E-state index contributed by atoms with van der Waals surface area (Å²) in [7, 11) is 0. The van der Waals surface area contributed by atoms with Crippen LogP contribution in [0.15, 0.2) is 59.8 Å². The van der Waals surface area contributed by atoms with Gasteiger partial charge in [-0.15, -0.1) is 0 Å². The molecule has 1 heterocycles. The van der Waals surface area contributed by atoms with E-state index in [1.54, 1.807) is 6.21 Å². The summed E-state index contributed by atoms with van der Waals surface area (Å²) in [5, 5.41) is 5.93. The first kappa shape index (κ1) is 16.3. The molecule has 0 fully saturated rings. The second kappa shape index (κ2) is 6.49. The smallest absolute Gasteiger partial charge is 0.260 e. The van der Waals surface area contributed by atoms with E-state index in [4.69, 9.17) is 11.6 Å². The number of nitrogens with one attached hydrogen (secondary N) is 1. The fourth-order valence-electron chi connectivity index (χ4n) is 2.20. The molecular weight excluding hydrogens is 339 g/mol. The fraction of sp³-hybridized carbons (Fsp3) is 0.0588. The molecule has 0 atom stereocenters. The highest BCUT2D eigenvalue weighted by Gasteiger charge is 2.31. The molecule has 1 aromatic heterocycles. The Morgan fingerprint density at radius 3 is 2.58 bits per heavy atom. The van der Waals surface area contributed by atoms with Crippen molar-refractivity contribution in [2.75, 3.05) is 5.43 Å². The summed E-state index contributed by atoms with van der Waals surface area (Å²) in [6.07, 6.45) is -2.21. The van der Waals surface area contributed by atoms with Gasteiger partial charge in [-0.25, -0.2) is 4.98 Å². The number of anilines is 1. The van der Waals surface area contributed by atoms with Gasteiger partial charge in [0.25, 0.3) is 0 Å². The molecule has 0 radical (unpaired) electrons. The van der Waals surface area contributed by atoms with E-state index in [9.17, 15) is 13.2 Å². The minimum Gasteiger partial charge on any atom is -0.260 e. The molecule has 0 amide bonds. The highest BCUT2D eigenvalue weighted by Crippen LogP contribution is 2.32. The summed E-state index contributed by atoms with van der Waals surface area (Å²) in [5.41, 5.74) is 2.52. The highest BCUT2D eigenvalue weighted by atomic mass is 35.5. The van der Waals surface area contributed by atoms with Crippen molar-refractivity contribution in [2.24, 2.45) is 5.10 Å². The van der Waals surface area contributed by atoms with Gasteiger partial charge in [-0.2, -0.15) is 18.3 Å². The van der Waals surface area contributed by atoms with Crippen LogP contribution in [-0.2, 0) is 6.18 Å². The van der Waals surface area contributed by atoms with Gasteiger partial charge in [0.2, 0.25) is 0 Å². The van der Waals surface area contributed by atoms with Crippen LogP contribution in [-0.4, -0.2) is 11.2 Å². The Morgan fingerprint density at radius 1 is 1.08 bits per heavy atom. The van der Waals surface area contributed by atoms with Crippen molar-refractivity contribution in [2.45, 2.75) is 6.18 Å². The van der Waals surface area contributed by atoms with Crippen LogP contribution in [0, 0.1) is 0 Å². The summed E-state index contributed by atoms with van der Waals surface area (Å²) in [5.74, 6) is 0.0566. The van der Waals surface area contributed by atoms with Crippen molar-refractivity contribution >= 4 is 34.4 Å². The Kier molecular flexibility index (Phi) is 4.40. The number of nitrogens with zero attached hydrogens (tertiary/aromatic N) is 2. The molecule has 3 nitrogen and oxygen atoms in total. The fourth-order valence-corrected chi connectivity index (χ4v) is 2.41. The number of halogens is 4. The van der Waals surface area contributed by atoms with E-state index in [2.05, 4.69) is 15.5 Å². The third-order valence-electron chi connectivity index (χ3n) is 3.37. The quantitative estimate of drug-likeness (QED) is 0.511. The topological polar surface area (TPSA) is 37.3 Å². The maximum Gasteiger partial charge on any atom is 0.417 e. The SMILES string of the molecule is FC(F)(F)c1cnc(NN=Cc2cccc3ccccc23)c(Cl)c1. The maximum atomic E-state index is 12.6. The zero-order valence-corrected chi connectivity index (χ0v) is 12.9. The molecule has 24 heavy (non-hydrogen) atoms. The lowest BCUT2D eigenvalue weighted by molar-refractivity contribution is -0.137. The van der Waals surface area contributed by atoms with Gasteiger partial charge in [-0.1, -0.05) is 54.1 Å². The third kappa shape index (κ3) is 3.49. The molecular formula is C17H11ClF3N3. The molecule has 0 aliphatic carbocycles. The zero-order valence-electron chi connectivity index (χ0n) is 12.2. The molecule has 122 valence electrons. The van der Waals surface area contributed by atoms with Crippen LogP contribution in [0.25, 0.3) is 10.8 Å². The number of aromatic nitrogens is 1. The molecule has 0 aliphatic rings. The van der Waals surface area contributed by atoms with Crippen molar-refractivity contribution in [3.8, 4) is 0 Å². The van der Waals surface area contributed by atoms with Gasteiger partial charge >= 0.3 is 6.18 Å². The van der Waals surface area contributed by atoms with Crippen LogP contribution in [0.1, 0.15) is 11.1 Å². The summed E-state index contributed by atoms with van der Waals surface area (Å²) in [6.45, 7) is 0. The molecule has 7 heteroatoms. The van der Waals surface area contributed by atoms with E-state index in [0.717, 1.165) is 22.4 Å². The summed E-state index contributed by atoms with van der Waals surface area (Å²) < 4.78 is 37.7. The van der Waals surface area contributed by atoms with Crippen molar-refractivity contribution in [3.05, 3.63) is 70.9 Å². The van der Waals surface area contributed by atoms with Gasteiger partial charge in [-0.05, 0) is 16.8 Å². The van der Waals surface area contributed by atoms with Crippen LogP contribution in [0.3, 0.4) is 0 Å². The van der Waals surface area contributed by atoms with Gasteiger partial charge in [0, 0.05) is 11.8 Å². The van der Waals surface area contributed by atoms with Gasteiger partial charge in [0.05, 0.1) is 16.8 Å². The summed E-state index contributed by atoms with van der Waals surface area (Å²) >= 11 is 5.81. The molecule has 0 spiro atoms. The van der Waals surface area contributed by atoms with Crippen LogP contribution in [0.4, 0.5) is 19.0 Å². The van der Waals surface area contributed by atoms with Crippen molar-refractivity contribution in [1.82, 2.24) is 4.98 Å². The van der Waals surface area contributed by atoms with Crippen LogP contribution in [0.5, 0.6) is 0 Å². The Bertz CT molecular complexity index is 902. The molecule has 1 N–H and O–H groups in total. The normalized spacial score (nSPS) is 12.0. The number of alkyl halides is 3. The van der Waals surface area contributed by atoms with Gasteiger partial charge in [-0.3, -0.25) is 5.43 Å². The number of rotatable bonds is 3. The van der Waals surface area contributed by atoms with Crippen molar-refractivity contribution in [3.63, 3.8) is 0 Å². The molecule has 3 rings (SSSR count). The van der Waals surface area contributed by atoms with E-state index in [1.807, 2.05) is 42.5 Å². The van der Waals surface area contributed by atoms with Gasteiger partial charge < -0.3 is 0 Å². The lowest BCUT2D eigenvalue weighted by Gasteiger charge is -2.08. The number of fused-ring (bicyclic) bond motifs is 1. The van der Waals surface area contributed by atoms with Crippen LogP contribution < -0.4 is 5.43 Å². The number of hydrogen-bond donors (Lipinski definition) is 1. The number of pyridine rings is 1. The first-order valence-electron chi connectivity index (χ1n) is 6.95. The second-order valence-corrected chi connectivity index (χ2v) is 5.40. The van der Waals surface area contributed by atoms with E-state index >= 15 is 0 Å². The monoisotopic (exact) mass is 349 g/mol. The highest BCUT2D eigenvalue weighted by molar-refractivity contribution is 6.33. The summed E-state index contributed by atoms with van der Waals surface area (Å²) in [6, 6.07) is 14.4. The Balaban J connectivity index is 1.81. The minimum atomic E-state index is -4.48. The standard InChI is InChI=1S/C17H11ClF3N3/c18-15-8-13(17(19,20)21)10-22-16(15)24-23-9-12-6-3-5-11-4-1-2-7-14(11)12/h1-10H,(H,22,24). The molecule has 2 aromatic carbocycles. The molecule has 0 aliphatic heterocycles. The second-order valence-electron chi connectivity index (χ2n) is 4.99. The van der Waals surface area contributed by atoms with Crippen molar-refractivity contribution in [1.29, 1.82) is 0 Å². The Morgan fingerprint density at radius 2 is 1.83 bits per heavy atom. The average Bonchev–Trinajstić information content (AvgIpc) is 2.55. The lowest BCUT2D eigenvalue weighted by atomic mass is 10.1. The molecule has 0 unspecified atom stereocenters. The van der Waals surface area contributed by atoms with E-state index in [-0.39, 0.29) is 10.8 Å². The van der Waals surface area contributed by atoms with E-state index < -0.39 is 11.7 Å². The van der Waals surface area contributed by atoms with Crippen LogP contribution >= 0.6 is 11.6 Å². The first-order valence-corrected chi connectivity index (χ1v) is 7.32. The Hall–Kier alpha value is -2.60. The lowest BCUT2D eigenvalue weighted by Crippen LogP contribution is -2.06. The van der Waals surface area contributed by atoms with E-state index in [1.165, 1.54) is 0 Å².